The molecular weight excluding hydrogens is 184 g/mol. The summed E-state index contributed by atoms with van der Waals surface area (Å²) in [6.45, 7) is 5.86. The quantitative estimate of drug-likeness (QED) is 0.411. The third-order valence-corrected chi connectivity index (χ3v) is 2.24. The maximum Gasteiger partial charge on any atom is 0.333 e. The fourth-order valence-electron chi connectivity index (χ4n) is 1.20. The number of hydrogen-bond acceptors (Lipinski definition) is 4. The number of ether oxygens (including phenoxy) is 2. The molecule has 1 aliphatic heterocycles. The van der Waals surface area contributed by atoms with Gasteiger partial charge in [0.15, 0.2) is 0 Å². The molecule has 4 nitrogen and oxygen atoms in total. The first-order valence-corrected chi connectivity index (χ1v) is 4.70. The van der Waals surface area contributed by atoms with E-state index in [0.29, 0.717) is 18.8 Å². The number of rotatable bonds is 4. The van der Waals surface area contributed by atoms with E-state index in [0.717, 1.165) is 0 Å². The van der Waals surface area contributed by atoms with Crippen LogP contribution in [0.15, 0.2) is 11.6 Å². The van der Waals surface area contributed by atoms with Gasteiger partial charge in [0.05, 0.1) is 19.3 Å². The molecule has 4 heteroatoms. The first-order valence-electron chi connectivity index (χ1n) is 4.70. The van der Waals surface area contributed by atoms with Gasteiger partial charge in [-0.3, -0.25) is 0 Å². The van der Waals surface area contributed by atoms with Crippen LogP contribution in [0, 0.1) is 0 Å². The first-order chi connectivity index (χ1) is 6.52. The summed E-state index contributed by atoms with van der Waals surface area (Å²) in [6.07, 6.45) is 1.03. The fraction of sp³-hybridized carbons (Fsp3) is 0.700. The lowest BCUT2D eigenvalue weighted by atomic mass is 10.0. The Bertz CT molecular complexity index is 251. The van der Waals surface area contributed by atoms with Crippen molar-refractivity contribution in [3.8, 4) is 0 Å². The smallest absolute Gasteiger partial charge is 0.333 e. The van der Waals surface area contributed by atoms with Crippen LogP contribution in [-0.4, -0.2) is 36.0 Å². The Balaban J connectivity index is 2.64. The second-order valence-corrected chi connectivity index (χ2v) is 3.47. The molecule has 14 heavy (non-hydrogen) atoms. The van der Waals surface area contributed by atoms with E-state index in [1.165, 1.54) is 0 Å². The number of hydrogen-bond donors (Lipinski definition) is 1. The molecule has 0 aromatic carbocycles. The van der Waals surface area contributed by atoms with Gasteiger partial charge in [0.2, 0.25) is 0 Å². The van der Waals surface area contributed by atoms with Crippen molar-refractivity contribution in [3.63, 3.8) is 0 Å². The van der Waals surface area contributed by atoms with E-state index >= 15 is 0 Å². The lowest BCUT2D eigenvalue weighted by molar-refractivity contribution is -0.138. The van der Waals surface area contributed by atoms with Gasteiger partial charge in [0.25, 0.3) is 0 Å². The summed E-state index contributed by atoms with van der Waals surface area (Å²) in [5, 5.41) is 9.38. The molecule has 1 saturated heterocycles. The van der Waals surface area contributed by atoms with Crippen molar-refractivity contribution in [2.24, 2.45) is 0 Å². The zero-order valence-electron chi connectivity index (χ0n) is 8.74. The van der Waals surface area contributed by atoms with Gasteiger partial charge in [-0.1, -0.05) is 0 Å². The van der Waals surface area contributed by atoms with Crippen molar-refractivity contribution in [2.45, 2.75) is 32.5 Å². The first kappa shape index (κ1) is 11.2. The number of aliphatic hydroxyl groups is 1. The van der Waals surface area contributed by atoms with Gasteiger partial charge in [-0.15, -0.1) is 0 Å². The minimum atomic E-state index is -0.656. The molecule has 80 valence electrons. The monoisotopic (exact) mass is 200 g/mol. The number of esters is 1. The van der Waals surface area contributed by atoms with Gasteiger partial charge in [0, 0.05) is 5.57 Å². The zero-order chi connectivity index (χ0) is 10.8. The maximum absolute atomic E-state index is 11.2. The van der Waals surface area contributed by atoms with Crippen LogP contribution in [0.25, 0.3) is 0 Å². The summed E-state index contributed by atoms with van der Waals surface area (Å²) < 4.78 is 9.94. The molecule has 0 saturated carbocycles. The minimum absolute atomic E-state index is 0.354. The molecule has 2 unspecified atom stereocenters. The van der Waals surface area contributed by atoms with Gasteiger partial charge in [-0.05, 0) is 26.8 Å². The Kier molecular flexibility index (Phi) is 3.29. The highest BCUT2D eigenvalue weighted by Crippen LogP contribution is 2.33. The molecule has 0 amide bonds. The second-order valence-electron chi connectivity index (χ2n) is 3.47. The Morgan fingerprint density at radius 1 is 1.79 bits per heavy atom. The number of epoxide rings is 1. The van der Waals surface area contributed by atoms with Crippen LogP contribution in [0.4, 0.5) is 0 Å². The third-order valence-electron chi connectivity index (χ3n) is 2.24. The molecule has 1 rings (SSSR count). The standard InChI is InChI=1S/C10H16O4/c1-4-13-9(12)7(2)5-10(6-14-10)8(3)11/h5,8,11H,4,6H2,1-3H3/b7-5+. The lowest BCUT2D eigenvalue weighted by Crippen LogP contribution is -2.25. The topological polar surface area (TPSA) is 59.1 Å². The summed E-state index contributed by atoms with van der Waals surface area (Å²) in [4.78, 5) is 11.2. The number of carbonyl (C=O) groups excluding carboxylic acids is 1. The molecular formula is C10H16O4. The van der Waals surface area contributed by atoms with Crippen LogP contribution in [0.3, 0.4) is 0 Å². The van der Waals surface area contributed by atoms with Crippen molar-refractivity contribution in [2.75, 3.05) is 13.2 Å². The van der Waals surface area contributed by atoms with Crippen LogP contribution in [-0.2, 0) is 14.3 Å². The van der Waals surface area contributed by atoms with Crippen molar-refractivity contribution < 1.29 is 19.4 Å². The van der Waals surface area contributed by atoms with E-state index in [2.05, 4.69) is 0 Å². The van der Waals surface area contributed by atoms with Crippen LogP contribution < -0.4 is 0 Å². The summed E-state index contributed by atoms with van der Waals surface area (Å²) in [5.41, 5.74) is -0.179. The lowest BCUT2D eigenvalue weighted by Gasteiger charge is -2.11. The molecule has 1 fully saturated rings. The van der Waals surface area contributed by atoms with Crippen molar-refractivity contribution >= 4 is 5.97 Å². The maximum atomic E-state index is 11.2. The SMILES string of the molecule is CCOC(=O)/C(C)=C/C1(C(C)O)CO1. The predicted molar refractivity (Wildman–Crippen MR) is 50.8 cm³/mol. The Morgan fingerprint density at radius 3 is 2.71 bits per heavy atom. The van der Waals surface area contributed by atoms with Crippen LogP contribution in [0.1, 0.15) is 20.8 Å². The molecule has 0 spiro atoms. The highest BCUT2D eigenvalue weighted by molar-refractivity contribution is 5.88. The number of carbonyl (C=O) groups is 1. The summed E-state index contributed by atoms with van der Waals surface area (Å²) in [5.74, 6) is -0.358. The van der Waals surface area contributed by atoms with Gasteiger partial charge >= 0.3 is 5.97 Å². The molecule has 1 aliphatic rings. The van der Waals surface area contributed by atoms with Crippen LogP contribution in [0.5, 0.6) is 0 Å². The predicted octanol–water partition coefficient (Wildman–Crippen LogP) is 0.646. The van der Waals surface area contributed by atoms with E-state index in [1.54, 1.807) is 26.8 Å². The molecule has 0 aromatic heterocycles. The largest absolute Gasteiger partial charge is 0.463 e. The Morgan fingerprint density at radius 2 is 2.36 bits per heavy atom. The molecule has 0 aromatic rings. The molecule has 1 N–H and O–H groups in total. The minimum Gasteiger partial charge on any atom is -0.463 e. The van der Waals surface area contributed by atoms with Crippen LogP contribution >= 0.6 is 0 Å². The normalized spacial score (nSPS) is 28.4. The van der Waals surface area contributed by atoms with E-state index in [4.69, 9.17) is 9.47 Å². The summed E-state index contributed by atoms with van der Waals surface area (Å²) >= 11 is 0. The fourth-order valence-corrected chi connectivity index (χ4v) is 1.20. The van der Waals surface area contributed by atoms with Gasteiger partial charge < -0.3 is 14.6 Å². The Hall–Kier alpha value is -0.870. The van der Waals surface area contributed by atoms with Gasteiger partial charge in [0.1, 0.15) is 5.60 Å². The summed E-state index contributed by atoms with van der Waals surface area (Å²) in [6, 6.07) is 0. The summed E-state index contributed by atoms with van der Waals surface area (Å²) in [7, 11) is 0. The molecule has 0 bridgehead atoms. The van der Waals surface area contributed by atoms with Crippen molar-refractivity contribution in [3.05, 3.63) is 11.6 Å². The third kappa shape index (κ3) is 2.33. The van der Waals surface area contributed by atoms with E-state index in [9.17, 15) is 9.90 Å². The second kappa shape index (κ2) is 4.11. The average Bonchev–Trinajstić information content (AvgIpc) is 2.86. The zero-order valence-corrected chi connectivity index (χ0v) is 8.74. The average molecular weight is 200 g/mol. The Labute approximate surface area is 83.5 Å². The van der Waals surface area contributed by atoms with Crippen LogP contribution in [0.2, 0.25) is 0 Å². The van der Waals surface area contributed by atoms with Crippen molar-refractivity contribution in [1.29, 1.82) is 0 Å². The number of aliphatic hydroxyl groups excluding tert-OH is 1. The van der Waals surface area contributed by atoms with Crippen molar-refractivity contribution in [1.82, 2.24) is 0 Å². The molecule has 0 aliphatic carbocycles. The highest BCUT2D eigenvalue weighted by atomic mass is 16.6. The van der Waals surface area contributed by atoms with Gasteiger partial charge in [-0.25, -0.2) is 4.79 Å². The molecule has 2 atom stereocenters. The van der Waals surface area contributed by atoms with E-state index in [-0.39, 0.29) is 5.97 Å². The van der Waals surface area contributed by atoms with Gasteiger partial charge in [-0.2, -0.15) is 0 Å². The molecule has 1 heterocycles. The van der Waals surface area contributed by atoms with E-state index < -0.39 is 11.7 Å². The van der Waals surface area contributed by atoms with E-state index in [1.807, 2.05) is 0 Å². The molecule has 0 radical (unpaired) electrons. The highest BCUT2D eigenvalue weighted by Gasteiger charge is 2.47.